The van der Waals surface area contributed by atoms with Gasteiger partial charge in [-0.25, -0.2) is 0 Å². The molecule has 4 nitrogen and oxygen atoms in total. The fourth-order valence-electron chi connectivity index (χ4n) is 2.77. The Bertz CT molecular complexity index is 472. The molecule has 1 fully saturated rings. The molecule has 1 aliphatic rings. The summed E-state index contributed by atoms with van der Waals surface area (Å²) in [6.07, 6.45) is 3.24. The Hall–Kier alpha value is -1.23. The van der Waals surface area contributed by atoms with Crippen molar-refractivity contribution in [1.29, 1.82) is 0 Å². The standard InChI is InChI=1S/C14H16BrNO3/c15-11-7-5-10(6-8-11)13(9-16(18)19)12-3-1-2-4-14(12)17/h5-8,12-13H,1-4,9H2/t12-,13-/m1/s1. The van der Waals surface area contributed by atoms with Gasteiger partial charge in [-0.1, -0.05) is 34.5 Å². The molecule has 2 atom stereocenters. The van der Waals surface area contributed by atoms with Crippen LogP contribution in [0.5, 0.6) is 0 Å². The maximum Gasteiger partial charge on any atom is 0.211 e. The summed E-state index contributed by atoms with van der Waals surface area (Å²) in [4.78, 5) is 22.6. The van der Waals surface area contributed by atoms with Crippen molar-refractivity contribution in [2.75, 3.05) is 6.54 Å². The SMILES string of the molecule is O=C1CCCC[C@@H]1[C@H](C[N+](=O)[O-])c1ccc(Br)cc1. The van der Waals surface area contributed by atoms with E-state index >= 15 is 0 Å². The van der Waals surface area contributed by atoms with Gasteiger partial charge < -0.3 is 0 Å². The number of nitrogens with zero attached hydrogens (tertiary/aromatic N) is 1. The van der Waals surface area contributed by atoms with E-state index in [4.69, 9.17) is 0 Å². The van der Waals surface area contributed by atoms with Crippen molar-refractivity contribution < 1.29 is 9.72 Å². The van der Waals surface area contributed by atoms with Crippen LogP contribution in [-0.4, -0.2) is 17.3 Å². The molecule has 1 aromatic rings. The van der Waals surface area contributed by atoms with Gasteiger partial charge in [0.05, 0.1) is 5.92 Å². The molecular weight excluding hydrogens is 310 g/mol. The van der Waals surface area contributed by atoms with Gasteiger partial charge in [0.1, 0.15) is 5.78 Å². The molecule has 1 saturated carbocycles. The summed E-state index contributed by atoms with van der Waals surface area (Å²) >= 11 is 3.35. The zero-order valence-electron chi connectivity index (χ0n) is 10.5. The van der Waals surface area contributed by atoms with E-state index in [1.165, 1.54) is 0 Å². The topological polar surface area (TPSA) is 60.2 Å². The minimum absolute atomic E-state index is 0.169. The lowest BCUT2D eigenvalue weighted by molar-refractivity contribution is -0.484. The highest BCUT2D eigenvalue weighted by atomic mass is 79.9. The highest BCUT2D eigenvalue weighted by Gasteiger charge is 2.34. The van der Waals surface area contributed by atoms with Gasteiger partial charge >= 0.3 is 0 Å². The molecule has 1 aromatic carbocycles. The van der Waals surface area contributed by atoms with Crippen LogP contribution < -0.4 is 0 Å². The van der Waals surface area contributed by atoms with Crippen LogP contribution in [0.4, 0.5) is 0 Å². The summed E-state index contributed by atoms with van der Waals surface area (Å²) in [5.41, 5.74) is 0.889. The smallest absolute Gasteiger partial charge is 0.211 e. The van der Waals surface area contributed by atoms with Gasteiger partial charge in [-0.15, -0.1) is 0 Å². The van der Waals surface area contributed by atoms with Crippen LogP contribution in [0.2, 0.25) is 0 Å². The molecule has 1 aliphatic carbocycles. The average molecular weight is 326 g/mol. The third-order valence-electron chi connectivity index (χ3n) is 3.73. The number of rotatable bonds is 4. The van der Waals surface area contributed by atoms with Gasteiger partial charge in [-0.05, 0) is 30.5 Å². The fraction of sp³-hybridized carbons (Fsp3) is 0.500. The number of benzene rings is 1. The Morgan fingerprint density at radius 1 is 1.32 bits per heavy atom. The number of nitro groups is 1. The Morgan fingerprint density at radius 3 is 2.58 bits per heavy atom. The molecule has 0 heterocycles. The largest absolute Gasteiger partial charge is 0.299 e. The number of carbonyl (C=O) groups excluding carboxylic acids is 1. The van der Waals surface area contributed by atoms with Crippen LogP contribution >= 0.6 is 15.9 Å². The molecule has 0 amide bonds. The van der Waals surface area contributed by atoms with Crippen LogP contribution in [0.1, 0.15) is 37.2 Å². The fourth-order valence-corrected chi connectivity index (χ4v) is 3.04. The van der Waals surface area contributed by atoms with E-state index in [0.717, 1.165) is 29.3 Å². The molecule has 19 heavy (non-hydrogen) atoms. The van der Waals surface area contributed by atoms with Crippen LogP contribution in [0.3, 0.4) is 0 Å². The average Bonchev–Trinajstić information content (AvgIpc) is 2.38. The van der Waals surface area contributed by atoms with E-state index in [0.29, 0.717) is 6.42 Å². The van der Waals surface area contributed by atoms with Crippen molar-refractivity contribution >= 4 is 21.7 Å². The van der Waals surface area contributed by atoms with Gasteiger partial charge in [0.15, 0.2) is 0 Å². The molecule has 5 heteroatoms. The first-order chi connectivity index (χ1) is 9.08. The van der Waals surface area contributed by atoms with E-state index < -0.39 is 0 Å². The first-order valence-corrected chi connectivity index (χ1v) is 7.27. The molecule has 0 bridgehead atoms. The monoisotopic (exact) mass is 325 g/mol. The van der Waals surface area contributed by atoms with E-state index in [9.17, 15) is 14.9 Å². The molecule has 0 aromatic heterocycles. The van der Waals surface area contributed by atoms with Crippen LogP contribution in [0.15, 0.2) is 28.7 Å². The van der Waals surface area contributed by atoms with Gasteiger partial charge in [0, 0.05) is 21.7 Å². The van der Waals surface area contributed by atoms with Crippen molar-refractivity contribution in [2.45, 2.75) is 31.6 Å². The number of ketones is 1. The van der Waals surface area contributed by atoms with Crippen LogP contribution in [0.25, 0.3) is 0 Å². The van der Waals surface area contributed by atoms with Gasteiger partial charge in [-0.3, -0.25) is 14.9 Å². The lowest BCUT2D eigenvalue weighted by atomic mass is 9.76. The highest BCUT2D eigenvalue weighted by molar-refractivity contribution is 9.10. The molecule has 102 valence electrons. The third kappa shape index (κ3) is 3.62. The summed E-state index contributed by atoms with van der Waals surface area (Å²) in [6.45, 7) is -0.169. The molecular formula is C14H16BrNO3. The Balaban J connectivity index is 2.26. The first-order valence-electron chi connectivity index (χ1n) is 6.48. The number of Topliss-reactive ketones (excluding diaryl/α,β-unsaturated/α-hetero) is 1. The maximum atomic E-state index is 12.0. The molecule has 0 saturated heterocycles. The summed E-state index contributed by atoms with van der Waals surface area (Å²) in [5.74, 6) is -0.308. The normalized spacial score (nSPS) is 21.1. The van der Waals surface area contributed by atoms with Gasteiger partial charge in [-0.2, -0.15) is 0 Å². The lowest BCUT2D eigenvalue weighted by Gasteiger charge is -2.27. The van der Waals surface area contributed by atoms with Crippen molar-refractivity contribution in [2.24, 2.45) is 5.92 Å². The van der Waals surface area contributed by atoms with E-state index in [1.807, 2.05) is 24.3 Å². The first kappa shape index (κ1) is 14.2. The number of halogens is 1. The van der Waals surface area contributed by atoms with Crippen LogP contribution in [0, 0.1) is 16.0 Å². The molecule has 0 aliphatic heterocycles. The predicted octanol–water partition coefficient (Wildman–Crippen LogP) is 3.57. The lowest BCUT2D eigenvalue weighted by Crippen LogP contribution is -2.30. The second-order valence-electron chi connectivity index (χ2n) is 4.99. The van der Waals surface area contributed by atoms with E-state index in [1.54, 1.807) is 0 Å². The second-order valence-corrected chi connectivity index (χ2v) is 5.91. The predicted molar refractivity (Wildman–Crippen MR) is 75.7 cm³/mol. The number of hydrogen-bond acceptors (Lipinski definition) is 3. The van der Waals surface area contributed by atoms with E-state index in [-0.39, 0.29) is 29.1 Å². The molecule has 2 rings (SSSR count). The van der Waals surface area contributed by atoms with Crippen molar-refractivity contribution in [1.82, 2.24) is 0 Å². The van der Waals surface area contributed by atoms with Gasteiger partial charge in [0.2, 0.25) is 6.54 Å². The summed E-state index contributed by atoms with van der Waals surface area (Å²) in [6, 6.07) is 7.49. The summed E-state index contributed by atoms with van der Waals surface area (Å²) in [5, 5.41) is 10.9. The molecule has 0 spiro atoms. The quantitative estimate of drug-likeness (QED) is 0.628. The van der Waals surface area contributed by atoms with E-state index in [2.05, 4.69) is 15.9 Å². The van der Waals surface area contributed by atoms with Crippen molar-refractivity contribution in [3.63, 3.8) is 0 Å². The van der Waals surface area contributed by atoms with Crippen molar-refractivity contribution in [3.8, 4) is 0 Å². The maximum absolute atomic E-state index is 12.0. The highest BCUT2D eigenvalue weighted by Crippen LogP contribution is 2.34. The zero-order valence-corrected chi connectivity index (χ0v) is 12.1. The van der Waals surface area contributed by atoms with Crippen LogP contribution in [-0.2, 0) is 4.79 Å². The number of hydrogen-bond donors (Lipinski definition) is 0. The minimum atomic E-state index is -0.311. The summed E-state index contributed by atoms with van der Waals surface area (Å²) < 4.78 is 0.936. The summed E-state index contributed by atoms with van der Waals surface area (Å²) in [7, 11) is 0. The molecule has 0 N–H and O–H groups in total. The third-order valence-corrected chi connectivity index (χ3v) is 4.26. The Kier molecular flexibility index (Phi) is 4.69. The molecule has 0 radical (unpaired) electrons. The van der Waals surface area contributed by atoms with Gasteiger partial charge in [0.25, 0.3) is 0 Å². The number of carbonyl (C=O) groups is 1. The second kappa shape index (κ2) is 6.28. The molecule has 0 unspecified atom stereocenters. The Labute approximate surface area is 120 Å². The Morgan fingerprint density at radius 2 is 2.00 bits per heavy atom. The van der Waals surface area contributed by atoms with Crippen molar-refractivity contribution in [3.05, 3.63) is 44.4 Å². The zero-order chi connectivity index (χ0) is 13.8. The minimum Gasteiger partial charge on any atom is -0.299 e.